The SMILES string of the molecule is COC(C)c1cc(C(F)(F)F)cn2cc(C)nc12. The molecule has 0 saturated heterocycles. The van der Waals surface area contributed by atoms with Crippen LogP contribution in [0.15, 0.2) is 18.5 Å². The van der Waals surface area contributed by atoms with E-state index in [4.69, 9.17) is 4.74 Å². The average molecular weight is 258 g/mol. The summed E-state index contributed by atoms with van der Waals surface area (Å²) in [6.07, 6.45) is -2.22. The van der Waals surface area contributed by atoms with Crippen LogP contribution >= 0.6 is 0 Å². The summed E-state index contributed by atoms with van der Waals surface area (Å²) in [6, 6.07) is 1.09. The zero-order chi connectivity index (χ0) is 13.5. The first kappa shape index (κ1) is 12.9. The standard InChI is InChI=1S/C12H13F3N2O/c1-7-5-17-6-9(12(13,14)15)4-10(8(2)18-3)11(17)16-7/h4-6,8H,1-3H3. The zero-order valence-corrected chi connectivity index (χ0v) is 10.2. The molecule has 2 aromatic heterocycles. The molecule has 18 heavy (non-hydrogen) atoms. The van der Waals surface area contributed by atoms with Crippen LogP contribution in [-0.2, 0) is 10.9 Å². The van der Waals surface area contributed by atoms with Crippen molar-refractivity contribution in [1.82, 2.24) is 9.38 Å². The van der Waals surface area contributed by atoms with Crippen LogP contribution in [0.2, 0.25) is 0 Å². The van der Waals surface area contributed by atoms with E-state index in [2.05, 4.69) is 4.98 Å². The van der Waals surface area contributed by atoms with Crippen molar-refractivity contribution in [2.45, 2.75) is 26.1 Å². The summed E-state index contributed by atoms with van der Waals surface area (Å²) in [7, 11) is 1.46. The van der Waals surface area contributed by atoms with Gasteiger partial charge in [0.05, 0.1) is 17.4 Å². The van der Waals surface area contributed by atoms with Crippen LogP contribution in [0.4, 0.5) is 13.2 Å². The highest BCUT2D eigenvalue weighted by Gasteiger charge is 2.32. The molecule has 0 N–H and O–H groups in total. The maximum Gasteiger partial charge on any atom is 0.417 e. The van der Waals surface area contributed by atoms with Gasteiger partial charge in [-0.05, 0) is 19.9 Å². The molecule has 1 unspecified atom stereocenters. The molecule has 0 aromatic carbocycles. The molecular weight excluding hydrogens is 245 g/mol. The maximum absolute atomic E-state index is 12.8. The van der Waals surface area contributed by atoms with E-state index in [0.29, 0.717) is 16.9 Å². The van der Waals surface area contributed by atoms with Crippen molar-refractivity contribution in [3.05, 3.63) is 35.3 Å². The molecule has 0 fully saturated rings. The number of methoxy groups -OCH3 is 1. The van der Waals surface area contributed by atoms with Crippen LogP contribution in [0.3, 0.4) is 0 Å². The van der Waals surface area contributed by atoms with Crippen molar-refractivity contribution in [2.24, 2.45) is 0 Å². The fraction of sp³-hybridized carbons (Fsp3) is 0.417. The van der Waals surface area contributed by atoms with E-state index in [1.165, 1.54) is 11.5 Å². The van der Waals surface area contributed by atoms with Gasteiger partial charge in [-0.2, -0.15) is 13.2 Å². The number of imidazole rings is 1. The van der Waals surface area contributed by atoms with Crippen molar-refractivity contribution in [1.29, 1.82) is 0 Å². The molecule has 3 nitrogen and oxygen atoms in total. The summed E-state index contributed by atoms with van der Waals surface area (Å²) in [5.41, 5.74) is 0.889. The molecule has 0 aliphatic heterocycles. The van der Waals surface area contributed by atoms with E-state index in [1.807, 2.05) is 0 Å². The number of hydrogen-bond acceptors (Lipinski definition) is 2. The van der Waals surface area contributed by atoms with Crippen LogP contribution in [0, 0.1) is 6.92 Å². The molecule has 2 aromatic rings. The first-order chi connectivity index (χ1) is 8.32. The van der Waals surface area contributed by atoms with Gasteiger partial charge in [-0.25, -0.2) is 4.98 Å². The summed E-state index contributed by atoms with van der Waals surface area (Å²) in [5.74, 6) is 0. The average Bonchev–Trinajstić information content (AvgIpc) is 2.65. The smallest absolute Gasteiger partial charge is 0.377 e. The summed E-state index contributed by atoms with van der Waals surface area (Å²) in [5, 5.41) is 0. The molecule has 0 bridgehead atoms. The molecule has 0 aliphatic carbocycles. The Morgan fingerprint density at radius 2 is 2.00 bits per heavy atom. The summed E-state index contributed by atoms with van der Waals surface area (Å²) >= 11 is 0. The van der Waals surface area contributed by atoms with Gasteiger partial charge in [0.2, 0.25) is 0 Å². The Balaban J connectivity index is 2.72. The largest absolute Gasteiger partial charge is 0.417 e. The fourth-order valence-electron chi connectivity index (χ4n) is 1.83. The van der Waals surface area contributed by atoms with Gasteiger partial charge < -0.3 is 9.14 Å². The van der Waals surface area contributed by atoms with Crippen LogP contribution in [0.25, 0.3) is 5.65 Å². The lowest BCUT2D eigenvalue weighted by atomic mass is 10.1. The second-order valence-corrected chi connectivity index (χ2v) is 4.17. The van der Waals surface area contributed by atoms with E-state index in [0.717, 1.165) is 12.3 Å². The lowest BCUT2D eigenvalue weighted by Crippen LogP contribution is -2.09. The fourth-order valence-corrected chi connectivity index (χ4v) is 1.83. The van der Waals surface area contributed by atoms with Crippen molar-refractivity contribution >= 4 is 5.65 Å². The van der Waals surface area contributed by atoms with Crippen LogP contribution in [0.1, 0.15) is 29.8 Å². The van der Waals surface area contributed by atoms with E-state index in [9.17, 15) is 13.2 Å². The second-order valence-electron chi connectivity index (χ2n) is 4.17. The third-order valence-electron chi connectivity index (χ3n) is 2.82. The van der Waals surface area contributed by atoms with E-state index in [-0.39, 0.29) is 0 Å². The van der Waals surface area contributed by atoms with Gasteiger partial charge in [-0.3, -0.25) is 0 Å². The van der Waals surface area contributed by atoms with E-state index < -0.39 is 17.8 Å². The number of pyridine rings is 1. The van der Waals surface area contributed by atoms with Crippen molar-refractivity contribution in [3.8, 4) is 0 Å². The Morgan fingerprint density at radius 1 is 1.33 bits per heavy atom. The second kappa shape index (κ2) is 4.28. The number of aryl methyl sites for hydroxylation is 1. The highest BCUT2D eigenvalue weighted by Crippen LogP contribution is 2.32. The predicted octanol–water partition coefficient (Wildman–Crippen LogP) is 3.37. The van der Waals surface area contributed by atoms with E-state index in [1.54, 1.807) is 20.0 Å². The molecule has 6 heteroatoms. The van der Waals surface area contributed by atoms with E-state index >= 15 is 0 Å². The number of fused-ring (bicyclic) bond motifs is 1. The Labute approximate surface area is 102 Å². The van der Waals surface area contributed by atoms with Gasteiger partial charge in [0.15, 0.2) is 0 Å². The number of halogens is 3. The zero-order valence-electron chi connectivity index (χ0n) is 10.2. The molecule has 2 heterocycles. The lowest BCUT2D eigenvalue weighted by molar-refractivity contribution is -0.138. The number of rotatable bonds is 2. The molecule has 98 valence electrons. The monoisotopic (exact) mass is 258 g/mol. The van der Waals surface area contributed by atoms with Crippen molar-refractivity contribution < 1.29 is 17.9 Å². The summed E-state index contributed by atoms with van der Waals surface area (Å²) < 4.78 is 44.9. The molecule has 1 atom stereocenters. The molecule has 0 saturated carbocycles. The third kappa shape index (κ3) is 2.20. The summed E-state index contributed by atoms with van der Waals surface area (Å²) in [6.45, 7) is 3.43. The quantitative estimate of drug-likeness (QED) is 0.825. The highest BCUT2D eigenvalue weighted by atomic mass is 19.4. The van der Waals surface area contributed by atoms with Gasteiger partial charge in [-0.1, -0.05) is 0 Å². The van der Waals surface area contributed by atoms with Gasteiger partial charge in [0.1, 0.15) is 5.65 Å². The van der Waals surface area contributed by atoms with Crippen LogP contribution in [-0.4, -0.2) is 16.5 Å². The van der Waals surface area contributed by atoms with Gasteiger partial charge in [0.25, 0.3) is 0 Å². The Kier molecular flexibility index (Phi) is 3.06. The van der Waals surface area contributed by atoms with Crippen LogP contribution < -0.4 is 0 Å². The molecule has 0 spiro atoms. The van der Waals surface area contributed by atoms with Crippen molar-refractivity contribution in [2.75, 3.05) is 7.11 Å². The Bertz CT molecular complexity index is 574. The van der Waals surface area contributed by atoms with Crippen molar-refractivity contribution in [3.63, 3.8) is 0 Å². The number of aromatic nitrogens is 2. The third-order valence-corrected chi connectivity index (χ3v) is 2.82. The number of ether oxygens (including phenoxy) is 1. The maximum atomic E-state index is 12.8. The normalized spacial score (nSPS) is 14.1. The molecule has 2 rings (SSSR count). The van der Waals surface area contributed by atoms with Crippen LogP contribution in [0.5, 0.6) is 0 Å². The molecule has 0 radical (unpaired) electrons. The minimum absolute atomic E-state index is 0.431. The van der Waals surface area contributed by atoms with Gasteiger partial charge in [-0.15, -0.1) is 0 Å². The molecule has 0 aliphatic rings. The lowest BCUT2D eigenvalue weighted by Gasteiger charge is -2.14. The Morgan fingerprint density at radius 3 is 2.56 bits per heavy atom. The minimum atomic E-state index is -4.38. The highest BCUT2D eigenvalue weighted by molar-refractivity contribution is 5.52. The predicted molar refractivity (Wildman–Crippen MR) is 60.4 cm³/mol. The molecule has 0 amide bonds. The van der Waals surface area contributed by atoms with Gasteiger partial charge >= 0.3 is 6.18 Å². The number of alkyl halides is 3. The number of nitrogens with zero attached hydrogens (tertiary/aromatic N) is 2. The minimum Gasteiger partial charge on any atom is -0.377 e. The first-order valence-electron chi connectivity index (χ1n) is 5.42. The molecular formula is C12H13F3N2O. The Hall–Kier alpha value is -1.56. The first-order valence-corrected chi connectivity index (χ1v) is 5.42. The number of hydrogen-bond donors (Lipinski definition) is 0. The topological polar surface area (TPSA) is 26.5 Å². The van der Waals surface area contributed by atoms with Gasteiger partial charge in [0, 0.05) is 25.1 Å². The summed E-state index contributed by atoms with van der Waals surface area (Å²) in [4.78, 5) is 4.22.